The Bertz CT molecular complexity index is 639. The average Bonchev–Trinajstić information content (AvgIpc) is 2.85. The van der Waals surface area contributed by atoms with E-state index in [-0.39, 0.29) is 18.8 Å². The lowest BCUT2D eigenvalue weighted by Gasteiger charge is -2.26. The predicted octanol–water partition coefficient (Wildman–Crippen LogP) is 1.31. The van der Waals surface area contributed by atoms with Crippen LogP contribution in [0.3, 0.4) is 0 Å². The topological polar surface area (TPSA) is 116 Å². The third-order valence-electron chi connectivity index (χ3n) is 3.68. The van der Waals surface area contributed by atoms with Gasteiger partial charge in [-0.3, -0.25) is 9.79 Å². The first kappa shape index (κ1) is 15.7. The summed E-state index contributed by atoms with van der Waals surface area (Å²) in [6, 6.07) is 7.39. The molecule has 22 heavy (non-hydrogen) atoms. The molecule has 0 spiro atoms. The van der Waals surface area contributed by atoms with E-state index < -0.39 is 23.4 Å². The molecule has 0 aliphatic carbocycles. The molecule has 1 unspecified atom stereocenters. The molecular weight excluding hydrogens is 288 g/mol. The number of carboxylic acid groups (broad SMARTS) is 2. The van der Waals surface area contributed by atoms with E-state index in [0.29, 0.717) is 0 Å². The van der Waals surface area contributed by atoms with Crippen LogP contribution in [-0.2, 0) is 14.4 Å². The van der Waals surface area contributed by atoms with Gasteiger partial charge in [0.25, 0.3) is 0 Å². The fraction of sp³-hybridized carbons (Fsp3) is 0.333. The van der Waals surface area contributed by atoms with Crippen LogP contribution in [0.25, 0.3) is 0 Å². The quantitative estimate of drug-likeness (QED) is 0.685. The van der Waals surface area contributed by atoms with E-state index in [0.717, 1.165) is 18.2 Å². The summed E-state index contributed by atoms with van der Waals surface area (Å²) >= 11 is 0. The van der Waals surface area contributed by atoms with Crippen LogP contribution in [0, 0.1) is 0 Å². The molecule has 3 N–H and O–H groups in total. The van der Waals surface area contributed by atoms with E-state index in [1.165, 1.54) is 0 Å². The van der Waals surface area contributed by atoms with Crippen molar-refractivity contribution in [1.82, 2.24) is 5.32 Å². The summed E-state index contributed by atoms with van der Waals surface area (Å²) in [5, 5.41) is 20.6. The number of rotatable bonds is 6. The second-order valence-electron chi connectivity index (χ2n) is 5.18. The maximum absolute atomic E-state index is 11.4. The Labute approximate surface area is 126 Å². The molecular formula is C15H16N2O5. The molecule has 1 aromatic rings. The van der Waals surface area contributed by atoms with Crippen molar-refractivity contribution in [3.05, 3.63) is 29.8 Å². The zero-order valence-electron chi connectivity index (χ0n) is 11.9. The van der Waals surface area contributed by atoms with Crippen molar-refractivity contribution < 1.29 is 24.6 Å². The SMILES string of the molecule is CC(=O)NC(CCC1C=Nc2ccccc21)(C(=O)O)C(=O)O. The third-order valence-corrected chi connectivity index (χ3v) is 3.68. The van der Waals surface area contributed by atoms with Crippen LogP contribution in [-0.4, -0.2) is 39.8 Å². The van der Waals surface area contributed by atoms with Crippen molar-refractivity contribution in [3.8, 4) is 0 Å². The number of para-hydroxylation sites is 1. The van der Waals surface area contributed by atoms with Crippen LogP contribution in [0.15, 0.2) is 29.3 Å². The number of fused-ring (bicyclic) bond motifs is 1. The minimum atomic E-state index is -2.32. The number of nitrogens with zero attached hydrogens (tertiary/aromatic N) is 1. The van der Waals surface area contributed by atoms with Gasteiger partial charge in [-0.15, -0.1) is 0 Å². The summed E-state index contributed by atoms with van der Waals surface area (Å²) in [7, 11) is 0. The second kappa shape index (κ2) is 5.97. The highest BCUT2D eigenvalue weighted by atomic mass is 16.4. The van der Waals surface area contributed by atoms with Crippen molar-refractivity contribution in [2.24, 2.45) is 4.99 Å². The standard InChI is InChI=1S/C15H16N2O5/c1-9(18)17-15(13(19)20,14(21)22)7-6-10-8-16-12-5-3-2-4-11(10)12/h2-5,8,10H,6-7H2,1H3,(H,17,18)(H,19,20)(H,21,22). The molecule has 116 valence electrons. The fourth-order valence-corrected chi connectivity index (χ4v) is 2.55. The number of amides is 1. The molecule has 7 nitrogen and oxygen atoms in total. The van der Waals surface area contributed by atoms with E-state index in [2.05, 4.69) is 10.3 Å². The fourth-order valence-electron chi connectivity index (χ4n) is 2.55. The van der Waals surface area contributed by atoms with Gasteiger partial charge in [-0.05, 0) is 24.5 Å². The van der Waals surface area contributed by atoms with E-state index in [1.807, 2.05) is 24.3 Å². The average molecular weight is 304 g/mol. The highest BCUT2D eigenvalue weighted by molar-refractivity contribution is 6.06. The summed E-state index contributed by atoms with van der Waals surface area (Å²) < 4.78 is 0. The lowest BCUT2D eigenvalue weighted by molar-refractivity contribution is -0.161. The summed E-state index contributed by atoms with van der Waals surface area (Å²) in [6.07, 6.45) is 1.69. The molecule has 0 radical (unpaired) electrons. The number of carbonyl (C=O) groups excluding carboxylic acids is 1. The van der Waals surface area contributed by atoms with Crippen LogP contribution in [0.2, 0.25) is 0 Å². The van der Waals surface area contributed by atoms with Crippen molar-refractivity contribution >= 4 is 29.7 Å². The monoisotopic (exact) mass is 304 g/mol. The van der Waals surface area contributed by atoms with Gasteiger partial charge in [0.15, 0.2) is 0 Å². The number of hydrogen-bond donors (Lipinski definition) is 3. The van der Waals surface area contributed by atoms with Crippen molar-refractivity contribution in [2.75, 3.05) is 0 Å². The van der Waals surface area contributed by atoms with Crippen molar-refractivity contribution in [3.63, 3.8) is 0 Å². The van der Waals surface area contributed by atoms with Crippen molar-refractivity contribution in [2.45, 2.75) is 31.2 Å². The Morgan fingerprint density at radius 1 is 1.23 bits per heavy atom. The number of aliphatic imine (C=N–C) groups is 1. The van der Waals surface area contributed by atoms with Gasteiger partial charge >= 0.3 is 11.9 Å². The Hall–Kier alpha value is -2.70. The van der Waals surface area contributed by atoms with Gasteiger partial charge in [0, 0.05) is 19.1 Å². The molecule has 1 heterocycles. The molecule has 0 aromatic heterocycles. The lowest BCUT2D eigenvalue weighted by Crippen LogP contribution is -2.59. The Balaban J connectivity index is 2.19. The van der Waals surface area contributed by atoms with Gasteiger partial charge in [-0.2, -0.15) is 0 Å². The van der Waals surface area contributed by atoms with Gasteiger partial charge in [0.1, 0.15) is 0 Å². The molecule has 0 fully saturated rings. The third kappa shape index (κ3) is 2.83. The number of nitrogens with one attached hydrogen (secondary N) is 1. The molecule has 2 rings (SSSR count). The highest BCUT2D eigenvalue weighted by Crippen LogP contribution is 2.35. The van der Waals surface area contributed by atoms with Crippen LogP contribution in [0.5, 0.6) is 0 Å². The van der Waals surface area contributed by atoms with Gasteiger partial charge in [0.2, 0.25) is 11.4 Å². The van der Waals surface area contributed by atoms with E-state index in [1.54, 1.807) is 6.21 Å². The smallest absolute Gasteiger partial charge is 0.341 e. The van der Waals surface area contributed by atoms with Crippen LogP contribution >= 0.6 is 0 Å². The second-order valence-corrected chi connectivity index (χ2v) is 5.18. The zero-order valence-corrected chi connectivity index (χ0v) is 11.9. The van der Waals surface area contributed by atoms with Crippen molar-refractivity contribution in [1.29, 1.82) is 0 Å². The number of carbonyl (C=O) groups is 3. The van der Waals surface area contributed by atoms with E-state index in [4.69, 9.17) is 0 Å². The Morgan fingerprint density at radius 2 is 1.86 bits per heavy atom. The molecule has 0 bridgehead atoms. The maximum atomic E-state index is 11.4. The molecule has 1 aromatic carbocycles. The van der Waals surface area contributed by atoms with Gasteiger partial charge in [-0.1, -0.05) is 18.2 Å². The molecule has 1 atom stereocenters. The van der Waals surface area contributed by atoms with Crippen LogP contribution < -0.4 is 5.32 Å². The zero-order chi connectivity index (χ0) is 16.3. The van der Waals surface area contributed by atoms with E-state index in [9.17, 15) is 24.6 Å². The molecule has 1 amide bonds. The molecule has 0 saturated carbocycles. The first-order valence-corrected chi connectivity index (χ1v) is 6.75. The van der Waals surface area contributed by atoms with Crippen LogP contribution in [0.4, 0.5) is 5.69 Å². The number of benzene rings is 1. The Kier molecular flexibility index (Phi) is 4.25. The minimum Gasteiger partial charge on any atom is -0.479 e. The van der Waals surface area contributed by atoms with Gasteiger partial charge in [0.05, 0.1) is 5.69 Å². The molecule has 1 aliphatic heterocycles. The number of carboxylic acids is 2. The molecule has 0 saturated heterocycles. The molecule has 7 heteroatoms. The summed E-state index contributed by atoms with van der Waals surface area (Å²) in [4.78, 5) is 38.3. The number of hydrogen-bond acceptors (Lipinski definition) is 4. The predicted molar refractivity (Wildman–Crippen MR) is 78.4 cm³/mol. The summed E-state index contributed by atoms with van der Waals surface area (Å²) in [5.41, 5.74) is -0.602. The minimum absolute atomic E-state index is 0.164. The van der Waals surface area contributed by atoms with E-state index >= 15 is 0 Å². The summed E-state index contributed by atoms with van der Waals surface area (Å²) in [6.45, 7) is 1.09. The first-order valence-electron chi connectivity index (χ1n) is 6.75. The Morgan fingerprint density at radius 3 is 2.45 bits per heavy atom. The lowest BCUT2D eigenvalue weighted by atomic mass is 9.87. The largest absolute Gasteiger partial charge is 0.479 e. The normalized spacial score (nSPS) is 16.1. The first-order chi connectivity index (χ1) is 10.4. The molecule has 1 aliphatic rings. The van der Waals surface area contributed by atoms with Crippen LogP contribution in [0.1, 0.15) is 31.2 Å². The van der Waals surface area contributed by atoms with Gasteiger partial charge in [-0.25, -0.2) is 9.59 Å². The van der Waals surface area contributed by atoms with Gasteiger partial charge < -0.3 is 15.5 Å². The summed E-state index contributed by atoms with van der Waals surface area (Å²) in [5.74, 6) is -4.04. The highest BCUT2D eigenvalue weighted by Gasteiger charge is 2.47. The number of aliphatic carboxylic acids is 2. The maximum Gasteiger partial charge on any atom is 0.341 e.